The highest BCUT2D eigenvalue weighted by Gasteiger charge is 2.20. The first-order valence-corrected chi connectivity index (χ1v) is 8.50. The van der Waals surface area contributed by atoms with Gasteiger partial charge in [0.15, 0.2) is 0 Å². The number of nitrogens with two attached hydrogens (primary N) is 1. The Balaban J connectivity index is 1.65. The summed E-state index contributed by atoms with van der Waals surface area (Å²) in [6.07, 6.45) is 2.73. The minimum atomic E-state index is 0.0939. The molecule has 1 heterocycles. The van der Waals surface area contributed by atoms with Crippen LogP contribution in [0.2, 0.25) is 0 Å². The van der Waals surface area contributed by atoms with Gasteiger partial charge in [0, 0.05) is 31.4 Å². The molecule has 5 heteroatoms. The van der Waals surface area contributed by atoms with E-state index >= 15 is 0 Å². The summed E-state index contributed by atoms with van der Waals surface area (Å²) in [6, 6.07) is 7.78. The minimum absolute atomic E-state index is 0.0939. The summed E-state index contributed by atoms with van der Waals surface area (Å²) in [7, 11) is 0. The van der Waals surface area contributed by atoms with Crippen molar-refractivity contribution in [3.05, 3.63) is 29.8 Å². The molecule has 1 amide bonds. The lowest BCUT2D eigenvalue weighted by molar-refractivity contribution is -0.121. The number of ether oxygens (including phenoxy) is 1. The number of hydrogen-bond acceptors (Lipinski definition) is 4. The molecule has 0 bridgehead atoms. The lowest BCUT2D eigenvalue weighted by Gasteiger charge is -2.32. The van der Waals surface area contributed by atoms with E-state index in [1.165, 1.54) is 0 Å². The number of carbonyl (C=O) groups is 1. The third-order valence-corrected chi connectivity index (χ3v) is 4.16. The number of piperidine rings is 1. The van der Waals surface area contributed by atoms with Crippen molar-refractivity contribution >= 4 is 11.6 Å². The summed E-state index contributed by atoms with van der Waals surface area (Å²) < 4.78 is 5.59. The van der Waals surface area contributed by atoms with E-state index in [1.807, 2.05) is 24.3 Å². The Labute approximate surface area is 139 Å². The standard InChI is InChI=1S/C18H29N3O2/c1-14(2)23-12-11-21-9-7-17(8-10-21)20-18(22)13-15-3-5-16(19)6-4-15/h3-6,14,17H,7-13,19H2,1-2H3,(H,20,22). The first kappa shape index (κ1) is 17.8. The Hall–Kier alpha value is -1.59. The fourth-order valence-electron chi connectivity index (χ4n) is 2.82. The smallest absolute Gasteiger partial charge is 0.224 e. The molecule has 0 aromatic heterocycles. The molecular formula is C18H29N3O2. The summed E-state index contributed by atoms with van der Waals surface area (Å²) in [5.74, 6) is 0.0939. The van der Waals surface area contributed by atoms with Gasteiger partial charge in [0.2, 0.25) is 5.91 Å². The zero-order valence-electron chi connectivity index (χ0n) is 14.3. The number of nitrogens with zero attached hydrogens (tertiary/aromatic N) is 1. The van der Waals surface area contributed by atoms with E-state index in [9.17, 15) is 4.79 Å². The molecule has 5 nitrogen and oxygen atoms in total. The van der Waals surface area contributed by atoms with Crippen LogP contribution in [0.3, 0.4) is 0 Å². The highest BCUT2D eigenvalue weighted by Crippen LogP contribution is 2.11. The lowest BCUT2D eigenvalue weighted by atomic mass is 10.0. The average molecular weight is 319 g/mol. The molecule has 3 N–H and O–H groups in total. The maximum absolute atomic E-state index is 12.1. The molecule has 1 fully saturated rings. The molecular weight excluding hydrogens is 290 g/mol. The Bertz CT molecular complexity index is 480. The van der Waals surface area contributed by atoms with E-state index in [1.54, 1.807) is 0 Å². The normalized spacial score (nSPS) is 16.7. The van der Waals surface area contributed by atoms with Gasteiger partial charge in [-0.2, -0.15) is 0 Å². The van der Waals surface area contributed by atoms with Crippen LogP contribution in [0.1, 0.15) is 32.3 Å². The van der Waals surface area contributed by atoms with Crippen LogP contribution in [0, 0.1) is 0 Å². The van der Waals surface area contributed by atoms with Gasteiger partial charge in [0.05, 0.1) is 19.1 Å². The highest BCUT2D eigenvalue weighted by molar-refractivity contribution is 5.79. The van der Waals surface area contributed by atoms with Gasteiger partial charge in [-0.05, 0) is 44.4 Å². The molecule has 0 unspecified atom stereocenters. The molecule has 128 valence electrons. The van der Waals surface area contributed by atoms with Crippen LogP contribution in [-0.2, 0) is 16.0 Å². The first-order chi connectivity index (χ1) is 11.0. The van der Waals surface area contributed by atoms with E-state index in [4.69, 9.17) is 10.5 Å². The van der Waals surface area contributed by atoms with Crippen LogP contribution in [0.25, 0.3) is 0 Å². The third-order valence-electron chi connectivity index (χ3n) is 4.16. The minimum Gasteiger partial charge on any atom is -0.399 e. The fraction of sp³-hybridized carbons (Fsp3) is 0.611. The Kier molecular flexibility index (Phi) is 6.86. The van der Waals surface area contributed by atoms with Crippen LogP contribution < -0.4 is 11.1 Å². The van der Waals surface area contributed by atoms with Crippen molar-refractivity contribution in [2.45, 2.75) is 45.3 Å². The number of likely N-dealkylation sites (tertiary alicyclic amines) is 1. The van der Waals surface area contributed by atoms with Gasteiger partial charge >= 0.3 is 0 Å². The third kappa shape index (κ3) is 6.59. The van der Waals surface area contributed by atoms with Gasteiger partial charge in [0.25, 0.3) is 0 Å². The molecule has 1 aromatic carbocycles. The van der Waals surface area contributed by atoms with Crippen LogP contribution in [-0.4, -0.2) is 49.2 Å². The largest absolute Gasteiger partial charge is 0.399 e. The van der Waals surface area contributed by atoms with E-state index < -0.39 is 0 Å². The Morgan fingerprint density at radius 2 is 1.96 bits per heavy atom. The van der Waals surface area contributed by atoms with Crippen molar-refractivity contribution in [1.82, 2.24) is 10.2 Å². The number of carbonyl (C=O) groups excluding carboxylic acids is 1. The quantitative estimate of drug-likeness (QED) is 0.752. The maximum Gasteiger partial charge on any atom is 0.224 e. The zero-order valence-corrected chi connectivity index (χ0v) is 14.3. The highest BCUT2D eigenvalue weighted by atomic mass is 16.5. The number of hydrogen-bond donors (Lipinski definition) is 2. The predicted octanol–water partition coefficient (Wildman–Crippen LogP) is 1.82. The molecule has 1 aromatic rings. The van der Waals surface area contributed by atoms with E-state index in [-0.39, 0.29) is 5.91 Å². The van der Waals surface area contributed by atoms with E-state index in [2.05, 4.69) is 24.1 Å². The molecule has 1 saturated heterocycles. The van der Waals surface area contributed by atoms with Crippen molar-refractivity contribution < 1.29 is 9.53 Å². The summed E-state index contributed by atoms with van der Waals surface area (Å²) in [6.45, 7) is 7.92. The van der Waals surface area contributed by atoms with Gasteiger partial charge in [-0.3, -0.25) is 4.79 Å². The van der Waals surface area contributed by atoms with E-state index in [0.29, 0.717) is 18.6 Å². The van der Waals surface area contributed by atoms with Gasteiger partial charge in [-0.15, -0.1) is 0 Å². The monoisotopic (exact) mass is 319 g/mol. The molecule has 0 spiro atoms. The van der Waals surface area contributed by atoms with Crippen molar-refractivity contribution in [2.75, 3.05) is 32.0 Å². The van der Waals surface area contributed by atoms with Crippen molar-refractivity contribution in [1.29, 1.82) is 0 Å². The molecule has 23 heavy (non-hydrogen) atoms. The van der Waals surface area contributed by atoms with Gasteiger partial charge in [-0.25, -0.2) is 0 Å². The summed E-state index contributed by atoms with van der Waals surface area (Å²) in [5, 5.41) is 3.15. The van der Waals surface area contributed by atoms with Gasteiger partial charge in [0.1, 0.15) is 0 Å². The summed E-state index contributed by atoms with van der Waals surface area (Å²) >= 11 is 0. The number of amides is 1. The maximum atomic E-state index is 12.1. The topological polar surface area (TPSA) is 67.6 Å². The molecule has 1 aliphatic heterocycles. The van der Waals surface area contributed by atoms with E-state index in [0.717, 1.165) is 50.3 Å². The van der Waals surface area contributed by atoms with Crippen LogP contribution in [0.5, 0.6) is 0 Å². The number of benzene rings is 1. The Morgan fingerprint density at radius 3 is 2.57 bits per heavy atom. The van der Waals surface area contributed by atoms with Crippen LogP contribution in [0.4, 0.5) is 5.69 Å². The number of nitrogens with one attached hydrogen (secondary N) is 1. The van der Waals surface area contributed by atoms with Crippen molar-refractivity contribution in [2.24, 2.45) is 0 Å². The number of nitrogen functional groups attached to an aromatic ring is 1. The van der Waals surface area contributed by atoms with Gasteiger partial charge in [-0.1, -0.05) is 12.1 Å². The molecule has 2 rings (SSSR count). The SMILES string of the molecule is CC(C)OCCN1CCC(NC(=O)Cc2ccc(N)cc2)CC1. The average Bonchev–Trinajstić information content (AvgIpc) is 2.51. The predicted molar refractivity (Wildman–Crippen MR) is 93.3 cm³/mol. The molecule has 1 aliphatic rings. The summed E-state index contributed by atoms with van der Waals surface area (Å²) in [4.78, 5) is 14.5. The second-order valence-electron chi connectivity index (χ2n) is 6.52. The molecule has 0 aliphatic carbocycles. The number of anilines is 1. The second kappa shape index (κ2) is 8.89. The second-order valence-corrected chi connectivity index (χ2v) is 6.52. The molecule has 0 saturated carbocycles. The van der Waals surface area contributed by atoms with Crippen LogP contribution in [0.15, 0.2) is 24.3 Å². The van der Waals surface area contributed by atoms with Crippen LogP contribution >= 0.6 is 0 Å². The Morgan fingerprint density at radius 1 is 1.30 bits per heavy atom. The molecule has 0 radical (unpaired) electrons. The summed E-state index contributed by atoms with van der Waals surface area (Å²) in [5.41, 5.74) is 7.38. The van der Waals surface area contributed by atoms with Crippen molar-refractivity contribution in [3.63, 3.8) is 0 Å². The zero-order chi connectivity index (χ0) is 16.7. The number of rotatable bonds is 7. The van der Waals surface area contributed by atoms with Gasteiger partial charge < -0.3 is 20.7 Å². The first-order valence-electron chi connectivity index (χ1n) is 8.50. The van der Waals surface area contributed by atoms with Crippen molar-refractivity contribution in [3.8, 4) is 0 Å². The molecule has 0 atom stereocenters. The fourth-order valence-corrected chi connectivity index (χ4v) is 2.82. The lowest BCUT2D eigenvalue weighted by Crippen LogP contribution is -2.45.